The summed E-state index contributed by atoms with van der Waals surface area (Å²) in [6, 6.07) is 26.3. The van der Waals surface area contributed by atoms with Crippen LogP contribution in [0.25, 0.3) is 0 Å². The molecular formula is C36H37Cl2N3O6S. The van der Waals surface area contributed by atoms with Crippen LogP contribution in [0, 0.1) is 6.92 Å². The quantitative estimate of drug-likeness (QED) is 0.155. The molecular weight excluding hydrogens is 673 g/mol. The van der Waals surface area contributed by atoms with E-state index in [1.807, 2.05) is 41.0 Å². The van der Waals surface area contributed by atoms with Crippen molar-refractivity contribution in [2.75, 3.05) is 24.5 Å². The average molecular weight is 711 g/mol. The number of para-hydroxylation sites is 1. The first-order valence-electron chi connectivity index (χ1n) is 15.5. The van der Waals surface area contributed by atoms with Crippen LogP contribution in [0.3, 0.4) is 0 Å². The van der Waals surface area contributed by atoms with E-state index in [2.05, 4.69) is 4.72 Å². The monoisotopic (exact) mass is 709 g/mol. The molecule has 1 aliphatic heterocycles. The Bertz CT molecular complexity index is 1840. The second-order valence-electron chi connectivity index (χ2n) is 11.3. The molecule has 3 atom stereocenters. The summed E-state index contributed by atoms with van der Waals surface area (Å²) in [7, 11) is -3.94. The van der Waals surface area contributed by atoms with Crippen molar-refractivity contribution >= 4 is 50.9 Å². The summed E-state index contributed by atoms with van der Waals surface area (Å²) in [6.45, 7) is 5.62. The van der Waals surface area contributed by atoms with Gasteiger partial charge in [0.1, 0.15) is 6.04 Å². The van der Waals surface area contributed by atoms with E-state index in [0.717, 1.165) is 16.7 Å². The molecule has 9 nitrogen and oxygen atoms in total. The number of hydrogen-bond acceptors (Lipinski definition) is 8. The highest BCUT2D eigenvalue weighted by Crippen LogP contribution is 2.47. The first-order chi connectivity index (χ1) is 23.0. The van der Waals surface area contributed by atoms with Crippen molar-refractivity contribution in [3.63, 3.8) is 0 Å². The molecule has 0 spiro atoms. The zero-order valence-electron chi connectivity index (χ0n) is 26.8. The number of nitrogens with one attached hydrogen (secondary N) is 1. The minimum atomic E-state index is -3.94. The number of aryl methyl sites for hydroxylation is 1. The minimum Gasteiger partial charge on any atom is -0.465 e. The highest BCUT2D eigenvalue weighted by Gasteiger charge is 2.53. The van der Waals surface area contributed by atoms with Crippen molar-refractivity contribution in [3.05, 3.63) is 129 Å². The fourth-order valence-corrected chi connectivity index (χ4v) is 7.35. The van der Waals surface area contributed by atoms with Gasteiger partial charge < -0.3 is 9.47 Å². The standard InChI is InChI=1S/C36H37Cl2N3O6S/c1-4-46-32(42)23-41-33(25-12-16-28(37)17-13-25)34(36(43)47-5-2)40(35(41)26-14-18-29(38)19-15-26)22-27-8-6-7-9-31(27)39-48(44,45)30-20-10-24(3)11-21-30/h6-21,33-35,39H,4-5,22-23H2,1-3H3/t33-,34-,35+/m0/s1. The molecule has 1 N–H and O–H groups in total. The van der Waals surface area contributed by atoms with Gasteiger partial charge in [-0.05, 0) is 79.9 Å². The van der Waals surface area contributed by atoms with Crippen molar-refractivity contribution in [1.82, 2.24) is 9.80 Å². The van der Waals surface area contributed by atoms with Gasteiger partial charge in [-0.15, -0.1) is 0 Å². The first kappa shape index (κ1) is 35.4. The summed E-state index contributed by atoms with van der Waals surface area (Å²) in [5, 5.41) is 1.04. The number of nitrogens with zero attached hydrogens (tertiary/aromatic N) is 2. The molecule has 0 aromatic heterocycles. The first-order valence-corrected chi connectivity index (χ1v) is 17.8. The maximum Gasteiger partial charge on any atom is 0.325 e. The number of anilines is 1. The van der Waals surface area contributed by atoms with E-state index in [1.165, 1.54) is 0 Å². The molecule has 1 fully saturated rings. The Morgan fingerprint density at radius 3 is 1.96 bits per heavy atom. The molecule has 0 radical (unpaired) electrons. The van der Waals surface area contributed by atoms with Crippen LogP contribution in [-0.4, -0.2) is 56.0 Å². The third-order valence-electron chi connectivity index (χ3n) is 8.11. The molecule has 48 heavy (non-hydrogen) atoms. The van der Waals surface area contributed by atoms with Gasteiger partial charge in [-0.2, -0.15) is 0 Å². The average Bonchev–Trinajstić information content (AvgIpc) is 3.36. The summed E-state index contributed by atoms with van der Waals surface area (Å²) < 4.78 is 40.8. The number of halogens is 2. The summed E-state index contributed by atoms with van der Waals surface area (Å²) in [5.41, 5.74) is 3.38. The van der Waals surface area contributed by atoms with Crippen LogP contribution in [0.2, 0.25) is 10.0 Å². The second kappa shape index (κ2) is 15.5. The lowest BCUT2D eigenvalue weighted by molar-refractivity contribution is -0.150. The third-order valence-corrected chi connectivity index (χ3v) is 10.00. The Balaban J connectivity index is 1.66. The highest BCUT2D eigenvalue weighted by molar-refractivity contribution is 7.92. The zero-order chi connectivity index (χ0) is 34.4. The Kier molecular flexibility index (Phi) is 11.4. The molecule has 5 rings (SSSR count). The number of ether oxygens (including phenoxy) is 2. The lowest BCUT2D eigenvalue weighted by Crippen LogP contribution is -2.41. The van der Waals surface area contributed by atoms with Crippen LogP contribution >= 0.6 is 23.2 Å². The zero-order valence-corrected chi connectivity index (χ0v) is 29.1. The number of carbonyl (C=O) groups is 2. The van der Waals surface area contributed by atoms with Gasteiger partial charge in [-0.3, -0.25) is 24.1 Å². The molecule has 4 aromatic rings. The van der Waals surface area contributed by atoms with Gasteiger partial charge in [-0.1, -0.05) is 83.4 Å². The largest absolute Gasteiger partial charge is 0.465 e. The van der Waals surface area contributed by atoms with Gasteiger partial charge in [0.25, 0.3) is 10.0 Å². The Morgan fingerprint density at radius 1 is 0.771 bits per heavy atom. The van der Waals surface area contributed by atoms with Crippen molar-refractivity contribution in [2.24, 2.45) is 0 Å². The van der Waals surface area contributed by atoms with Gasteiger partial charge in [0.15, 0.2) is 0 Å². The summed E-state index contributed by atoms with van der Waals surface area (Å²) >= 11 is 12.6. The van der Waals surface area contributed by atoms with Gasteiger partial charge in [0.2, 0.25) is 0 Å². The number of benzene rings is 4. The van der Waals surface area contributed by atoms with Crippen LogP contribution in [0.5, 0.6) is 0 Å². The predicted octanol–water partition coefficient (Wildman–Crippen LogP) is 7.16. The number of rotatable bonds is 12. The van der Waals surface area contributed by atoms with Crippen molar-refractivity contribution < 1.29 is 27.5 Å². The van der Waals surface area contributed by atoms with Crippen LogP contribution in [0.4, 0.5) is 5.69 Å². The van der Waals surface area contributed by atoms with Crippen LogP contribution in [0.15, 0.2) is 102 Å². The van der Waals surface area contributed by atoms with E-state index in [0.29, 0.717) is 21.3 Å². The summed E-state index contributed by atoms with van der Waals surface area (Å²) in [6.07, 6.45) is -0.663. The van der Waals surface area contributed by atoms with Crippen LogP contribution in [0.1, 0.15) is 48.3 Å². The molecule has 1 heterocycles. The van der Waals surface area contributed by atoms with Gasteiger partial charge >= 0.3 is 11.9 Å². The van der Waals surface area contributed by atoms with E-state index in [4.69, 9.17) is 32.7 Å². The second-order valence-corrected chi connectivity index (χ2v) is 13.9. The molecule has 0 amide bonds. The van der Waals surface area contributed by atoms with Gasteiger partial charge in [-0.25, -0.2) is 8.42 Å². The van der Waals surface area contributed by atoms with Crippen LogP contribution < -0.4 is 4.72 Å². The van der Waals surface area contributed by atoms with E-state index in [9.17, 15) is 18.0 Å². The molecule has 0 saturated carbocycles. The molecule has 0 unspecified atom stereocenters. The molecule has 0 aliphatic carbocycles. The molecule has 1 saturated heterocycles. The van der Waals surface area contributed by atoms with E-state index in [1.54, 1.807) is 86.6 Å². The van der Waals surface area contributed by atoms with E-state index >= 15 is 0 Å². The van der Waals surface area contributed by atoms with Crippen molar-refractivity contribution in [1.29, 1.82) is 0 Å². The van der Waals surface area contributed by atoms with E-state index in [-0.39, 0.29) is 31.2 Å². The minimum absolute atomic E-state index is 0.104. The molecule has 4 aromatic carbocycles. The Hall–Kier alpha value is -3.93. The number of hydrogen-bond donors (Lipinski definition) is 1. The highest BCUT2D eigenvalue weighted by atomic mass is 35.5. The van der Waals surface area contributed by atoms with Crippen molar-refractivity contribution in [3.8, 4) is 0 Å². The number of sulfonamides is 1. The fraction of sp³-hybridized carbons (Fsp3) is 0.278. The number of carbonyl (C=O) groups excluding carboxylic acids is 2. The molecule has 252 valence electrons. The van der Waals surface area contributed by atoms with Gasteiger partial charge in [0.05, 0.1) is 42.5 Å². The third kappa shape index (κ3) is 8.02. The van der Waals surface area contributed by atoms with Crippen LogP contribution in [-0.2, 0) is 35.6 Å². The van der Waals surface area contributed by atoms with Gasteiger partial charge in [0, 0.05) is 16.6 Å². The molecule has 12 heteroatoms. The predicted molar refractivity (Wildman–Crippen MR) is 186 cm³/mol. The van der Waals surface area contributed by atoms with Crippen molar-refractivity contribution in [2.45, 2.75) is 50.5 Å². The number of esters is 2. The maximum absolute atomic E-state index is 14.0. The summed E-state index contributed by atoms with van der Waals surface area (Å²) in [5.74, 6) is -0.966. The lowest BCUT2D eigenvalue weighted by Gasteiger charge is -2.32. The Labute approximate surface area is 291 Å². The maximum atomic E-state index is 14.0. The summed E-state index contributed by atoms with van der Waals surface area (Å²) in [4.78, 5) is 31.2. The Morgan fingerprint density at radius 2 is 1.35 bits per heavy atom. The molecule has 1 aliphatic rings. The smallest absolute Gasteiger partial charge is 0.325 e. The van der Waals surface area contributed by atoms with E-state index < -0.39 is 40.2 Å². The molecule has 0 bridgehead atoms. The fourth-order valence-electron chi connectivity index (χ4n) is 6.00. The topological polar surface area (TPSA) is 105 Å². The normalized spacial score (nSPS) is 18.4. The lowest BCUT2D eigenvalue weighted by atomic mass is 9.98. The SMILES string of the molecule is CCOC(=O)CN1[C@H](c2ccc(Cl)cc2)N(Cc2ccccc2NS(=O)(=O)c2ccc(C)cc2)[C@H](C(=O)OCC)[C@@H]1c1ccc(Cl)cc1.